The predicted octanol–water partition coefficient (Wildman–Crippen LogP) is 0.662. The Morgan fingerprint density at radius 3 is 2.71 bits per heavy atom. The molecule has 21 heavy (non-hydrogen) atoms. The summed E-state index contributed by atoms with van der Waals surface area (Å²) >= 11 is 0. The van der Waals surface area contributed by atoms with Gasteiger partial charge in [-0.25, -0.2) is 13.6 Å². The van der Waals surface area contributed by atoms with Crippen LogP contribution < -0.4 is 15.8 Å². The molecule has 1 unspecified atom stereocenters. The van der Waals surface area contributed by atoms with E-state index < -0.39 is 10.0 Å². The second kappa shape index (κ2) is 5.08. The second-order valence-corrected chi connectivity index (χ2v) is 7.49. The van der Waals surface area contributed by atoms with Crippen molar-refractivity contribution < 1.29 is 13.2 Å². The van der Waals surface area contributed by atoms with Crippen molar-refractivity contribution >= 4 is 21.6 Å². The molecule has 1 heterocycles. The lowest BCUT2D eigenvalue weighted by atomic mass is 9.92. The van der Waals surface area contributed by atoms with Crippen LogP contribution in [0.25, 0.3) is 0 Å². The number of hydrogen-bond acceptors (Lipinski definition) is 4. The molecule has 1 saturated heterocycles. The molecule has 1 aliphatic heterocycles. The van der Waals surface area contributed by atoms with E-state index in [2.05, 4.69) is 10.6 Å². The monoisotopic (exact) mass is 309 g/mol. The largest absolute Gasteiger partial charge is 0.326 e. The van der Waals surface area contributed by atoms with Crippen LogP contribution in [0.15, 0.2) is 29.2 Å². The number of primary sulfonamides is 1. The summed E-state index contributed by atoms with van der Waals surface area (Å²) in [5, 5.41) is 11.2. The third-order valence-electron chi connectivity index (χ3n) is 4.54. The van der Waals surface area contributed by atoms with Crippen LogP contribution in [-0.2, 0) is 14.8 Å². The van der Waals surface area contributed by atoms with E-state index in [1.54, 1.807) is 12.1 Å². The Morgan fingerprint density at radius 2 is 2.05 bits per heavy atom. The molecule has 3 rings (SSSR count). The molecular weight excluding hydrogens is 290 g/mol. The van der Waals surface area contributed by atoms with Crippen LogP contribution in [-0.4, -0.2) is 27.4 Å². The van der Waals surface area contributed by atoms with Crippen LogP contribution in [0.4, 0.5) is 5.69 Å². The number of carbonyl (C=O) groups is 1. The minimum absolute atomic E-state index is 0.00711. The van der Waals surface area contributed by atoms with Crippen LogP contribution in [0.1, 0.15) is 19.3 Å². The SMILES string of the molecule is NS(=O)(=O)c1cccc(NC(=O)C2CC23CCNCC3)c1. The molecule has 1 aromatic carbocycles. The fourth-order valence-corrected chi connectivity index (χ4v) is 3.74. The van der Waals surface area contributed by atoms with E-state index in [-0.39, 0.29) is 22.1 Å². The highest BCUT2D eigenvalue weighted by atomic mass is 32.2. The summed E-state index contributed by atoms with van der Waals surface area (Å²) in [4.78, 5) is 12.3. The van der Waals surface area contributed by atoms with Crippen LogP contribution in [0.3, 0.4) is 0 Å². The Kier molecular flexibility index (Phi) is 3.51. The molecule has 0 radical (unpaired) electrons. The average Bonchev–Trinajstić information content (AvgIpc) is 3.12. The lowest BCUT2D eigenvalue weighted by Crippen LogP contribution is -2.31. The lowest BCUT2D eigenvalue weighted by molar-refractivity contribution is -0.118. The number of anilines is 1. The molecule has 0 aromatic heterocycles. The number of rotatable bonds is 3. The van der Waals surface area contributed by atoms with Gasteiger partial charge in [0.25, 0.3) is 0 Å². The molecule has 7 heteroatoms. The van der Waals surface area contributed by atoms with E-state index in [9.17, 15) is 13.2 Å². The van der Waals surface area contributed by atoms with E-state index in [1.807, 2.05) is 0 Å². The minimum Gasteiger partial charge on any atom is -0.326 e. The van der Waals surface area contributed by atoms with Crippen molar-refractivity contribution in [1.82, 2.24) is 5.32 Å². The normalized spacial score (nSPS) is 23.8. The zero-order valence-corrected chi connectivity index (χ0v) is 12.4. The van der Waals surface area contributed by atoms with Gasteiger partial charge in [0.05, 0.1) is 4.90 Å². The van der Waals surface area contributed by atoms with Crippen molar-refractivity contribution in [2.45, 2.75) is 24.2 Å². The zero-order chi connectivity index (χ0) is 15.1. The molecular formula is C14H19N3O3S. The first-order valence-corrected chi connectivity index (χ1v) is 8.60. The van der Waals surface area contributed by atoms with E-state index in [4.69, 9.17) is 5.14 Å². The standard InChI is InChI=1S/C14H19N3O3S/c15-21(19,20)11-3-1-2-10(8-11)17-13(18)12-9-14(12)4-6-16-7-5-14/h1-3,8,12,16H,4-7,9H2,(H,17,18)(H2,15,19,20). The van der Waals surface area contributed by atoms with Crippen LogP contribution in [0, 0.1) is 11.3 Å². The second-order valence-electron chi connectivity index (χ2n) is 5.93. The molecule has 1 aliphatic carbocycles. The molecule has 0 bridgehead atoms. The molecule has 1 amide bonds. The lowest BCUT2D eigenvalue weighted by Gasteiger charge is -2.23. The maximum atomic E-state index is 12.3. The summed E-state index contributed by atoms with van der Waals surface area (Å²) in [5.41, 5.74) is 0.634. The van der Waals surface area contributed by atoms with Gasteiger partial charge in [-0.05, 0) is 56.0 Å². The number of nitrogens with two attached hydrogens (primary N) is 1. The molecule has 1 aromatic rings. The van der Waals surface area contributed by atoms with Gasteiger partial charge in [-0.3, -0.25) is 4.79 Å². The summed E-state index contributed by atoms with van der Waals surface area (Å²) < 4.78 is 22.6. The van der Waals surface area contributed by atoms with Crippen LogP contribution in [0.5, 0.6) is 0 Å². The first-order chi connectivity index (χ1) is 9.91. The van der Waals surface area contributed by atoms with Gasteiger partial charge < -0.3 is 10.6 Å². The Hall–Kier alpha value is -1.44. The number of nitrogens with one attached hydrogen (secondary N) is 2. The van der Waals surface area contributed by atoms with Gasteiger partial charge >= 0.3 is 0 Å². The number of amides is 1. The van der Waals surface area contributed by atoms with Gasteiger partial charge in [-0.2, -0.15) is 0 Å². The van der Waals surface area contributed by atoms with Crippen LogP contribution in [0.2, 0.25) is 0 Å². The smallest absolute Gasteiger partial charge is 0.238 e. The van der Waals surface area contributed by atoms with Gasteiger partial charge in [0, 0.05) is 11.6 Å². The molecule has 4 N–H and O–H groups in total. The highest BCUT2D eigenvalue weighted by molar-refractivity contribution is 7.89. The minimum atomic E-state index is -3.75. The summed E-state index contributed by atoms with van der Waals surface area (Å²) in [6.07, 6.45) is 2.99. The fraction of sp³-hybridized carbons (Fsp3) is 0.500. The number of carbonyl (C=O) groups excluding carboxylic acids is 1. The number of sulfonamides is 1. The van der Waals surface area contributed by atoms with Crippen molar-refractivity contribution in [3.63, 3.8) is 0 Å². The molecule has 1 atom stereocenters. The number of piperidine rings is 1. The summed E-state index contributed by atoms with van der Waals surface area (Å²) in [5.74, 6) is 0.0150. The van der Waals surface area contributed by atoms with Crippen molar-refractivity contribution in [3.8, 4) is 0 Å². The third-order valence-corrected chi connectivity index (χ3v) is 5.45. The highest BCUT2D eigenvalue weighted by Gasteiger charge is 2.57. The first kappa shape index (κ1) is 14.5. The van der Waals surface area contributed by atoms with Gasteiger partial charge in [0.2, 0.25) is 15.9 Å². The van der Waals surface area contributed by atoms with Crippen molar-refractivity contribution in [1.29, 1.82) is 0 Å². The number of hydrogen-bond donors (Lipinski definition) is 3. The Balaban J connectivity index is 1.69. The molecule has 114 valence electrons. The molecule has 2 aliphatic rings. The Bertz CT molecular complexity index is 666. The van der Waals surface area contributed by atoms with E-state index in [0.717, 1.165) is 32.4 Å². The highest BCUT2D eigenvalue weighted by Crippen LogP contribution is 2.58. The van der Waals surface area contributed by atoms with E-state index >= 15 is 0 Å². The molecule has 2 fully saturated rings. The van der Waals surface area contributed by atoms with E-state index in [1.165, 1.54) is 12.1 Å². The third kappa shape index (κ3) is 2.95. The molecule has 6 nitrogen and oxygen atoms in total. The van der Waals surface area contributed by atoms with Crippen molar-refractivity contribution in [2.24, 2.45) is 16.5 Å². The average molecular weight is 309 g/mol. The number of benzene rings is 1. The maximum absolute atomic E-state index is 12.3. The van der Waals surface area contributed by atoms with Crippen LogP contribution >= 0.6 is 0 Å². The van der Waals surface area contributed by atoms with Gasteiger partial charge in [-0.1, -0.05) is 6.07 Å². The van der Waals surface area contributed by atoms with Gasteiger partial charge in [-0.15, -0.1) is 0 Å². The Morgan fingerprint density at radius 1 is 1.33 bits per heavy atom. The first-order valence-electron chi connectivity index (χ1n) is 7.05. The summed E-state index contributed by atoms with van der Waals surface area (Å²) in [7, 11) is -3.75. The Labute approximate surface area is 124 Å². The zero-order valence-electron chi connectivity index (χ0n) is 11.6. The van der Waals surface area contributed by atoms with Gasteiger partial charge in [0.15, 0.2) is 0 Å². The maximum Gasteiger partial charge on any atom is 0.238 e. The molecule has 1 spiro atoms. The fourth-order valence-electron chi connectivity index (χ4n) is 3.18. The predicted molar refractivity (Wildman–Crippen MR) is 79.1 cm³/mol. The summed E-state index contributed by atoms with van der Waals surface area (Å²) in [6, 6.07) is 6.05. The summed E-state index contributed by atoms with van der Waals surface area (Å²) in [6.45, 7) is 1.93. The van der Waals surface area contributed by atoms with E-state index in [0.29, 0.717) is 5.69 Å². The topological polar surface area (TPSA) is 101 Å². The van der Waals surface area contributed by atoms with Crippen molar-refractivity contribution in [3.05, 3.63) is 24.3 Å². The van der Waals surface area contributed by atoms with Crippen molar-refractivity contribution in [2.75, 3.05) is 18.4 Å². The van der Waals surface area contributed by atoms with Gasteiger partial charge in [0.1, 0.15) is 0 Å². The quantitative estimate of drug-likeness (QED) is 0.763. The molecule has 1 saturated carbocycles.